The highest BCUT2D eigenvalue weighted by Crippen LogP contribution is 2.52. The van der Waals surface area contributed by atoms with Gasteiger partial charge in [0.2, 0.25) is 0 Å². The van der Waals surface area contributed by atoms with Gasteiger partial charge in [-0.3, -0.25) is 0 Å². The summed E-state index contributed by atoms with van der Waals surface area (Å²) in [6, 6.07) is 19.8. The van der Waals surface area contributed by atoms with E-state index in [9.17, 15) is 0 Å². The van der Waals surface area contributed by atoms with E-state index in [4.69, 9.17) is 0 Å². The summed E-state index contributed by atoms with van der Waals surface area (Å²) in [6.07, 6.45) is 1.19. The van der Waals surface area contributed by atoms with Crippen LogP contribution in [0.1, 0.15) is 43.0 Å². The molecule has 0 bridgehead atoms. The maximum Gasteiger partial charge on any atom is 0.0483 e. The molecule has 1 heteroatoms. The Morgan fingerprint density at radius 1 is 1.00 bits per heavy atom. The summed E-state index contributed by atoms with van der Waals surface area (Å²) in [7, 11) is 2.22. The molecule has 0 unspecified atom stereocenters. The van der Waals surface area contributed by atoms with E-state index in [1.807, 2.05) is 0 Å². The van der Waals surface area contributed by atoms with E-state index in [-0.39, 0.29) is 5.41 Å². The number of benzene rings is 2. The zero-order valence-electron chi connectivity index (χ0n) is 12.9. The molecular formula is C20H21N. The second kappa shape index (κ2) is 4.24. The van der Waals surface area contributed by atoms with Crippen LogP contribution < -0.4 is 0 Å². The average Bonchev–Trinajstić information content (AvgIpc) is 2.96. The Bertz CT molecular complexity index is 812. The molecule has 0 radical (unpaired) electrons. The number of para-hydroxylation sites is 1. The molecule has 0 saturated heterocycles. The molecule has 3 aromatic rings. The van der Waals surface area contributed by atoms with Crippen molar-refractivity contribution >= 4 is 10.9 Å². The van der Waals surface area contributed by atoms with Gasteiger partial charge in [-0.2, -0.15) is 0 Å². The molecule has 106 valence electrons. The summed E-state index contributed by atoms with van der Waals surface area (Å²) in [5.74, 6) is 0.608. The van der Waals surface area contributed by atoms with Crippen molar-refractivity contribution in [2.75, 3.05) is 0 Å². The maximum absolute atomic E-state index is 2.42. The van der Waals surface area contributed by atoms with Crippen molar-refractivity contribution < 1.29 is 0 Å². The topological polar surface area (TPSA) is 4.93 Å². The predicted molar refractivity (Wildman–Crippen MR) is 88.8 cm³/mol. The molecule has 21 heavy (non-hydrogen) atoms. The van der Waals surface area contributed by atoms with Gasteiger partial charge in [0.15, 0.2) is 0 Å². The van der Waals surface area contributed by atoms with Crippen molar-refractivity contribution in [2.45, 2.75) is 31.6 Å². The average molecular weight is 275 g/mol. The van der Waals surface area contributed by atoms with Crippen LogP contribution in [0.2, 0.25) is 0 Å². The van der Waals surface area contributed by atoms with E-state index in [1.54, 1.807) is 5.56 Å². The number of rotatable bonds is 1. The van der Waals surface area contributed by atoms with Gasteiger partial charge in [0.1, 0.15) is 0 Å². The highest BCUT2D eigenvalue weighted by Gasteiger charge is 2.43. The van der Waals surface area contributed by atoms with Gasteiger partial charge < -0.3 is 4.57 Å². The fourth-order valence-electron chi connectivity index (χ4n) is 4.46. The van der Waals surface area contributed by atoms with E-state index in [0.717, 1.165) is 0 Å². The largest absolute Gasteiger partial charge is 0.347 e. The number of hydrogen-bond donors (Lipinski definition) is 0. The number of fused-ring (bicyclic) bond motifs is 3. The van der Waals surface area contributed by atoms with Gasteiger partial charge in [-0.05, 0) is 36.5 Å². The van der Waals surface area contributed by atoms with E-state index in [1.165, 1.54) is 28.6 Å². The van der Waals surface area contributed by atoms with Gasteiger partial charge in [-0.25, -0.2) is 0 Å². The highest BCUT2D eigenvalue weighted by molar-refractivity contribution is 5.87. The smallest absolute Gasteiger partial charge is 0.0483 e. The lowest BCUT2D eigenvalue weighted by atomic mass is 9.79. The third-order valence-corrected chi connectivity index (χ3v) is 5.29. The van der Waals surface area contributed by atoms with Crippen LogP contribution in [0.3, 0.4) is 0 Å². The number of nitrogens with zero attached hydrogens (tertiary/aromatic N) is 1. The van der Waals surface area contributed by atoms with Crippen molar-refractivity contribution in [3.05, 3.63) is 71.4 Å². The molecule has 1 heterocycles. The quantitative estimate of drug-likeness (QED) is 0.589. The molecule has 2 aromatic carbocycles. The first kappa shape index (κ1) is 12.7. The third kappa shape index (κ3) is 1.58. The zero-order chi connectivity index (χ0) is 14.6. The first-order valence-corrected chi connectivity index (χ1v) is 7.76. The Hall–Kier alpha value is -2.02. The summed E-state index contributed by atoms with van der Waals surface area (Å²) >= 11 is 0. The van der Waals surface area contributed by atoms with Crippen LogP contribution in [0, 0.1) is 0 Å². The predicted octanol–water partition coefficient (Wildman–Crippen LogP) is 4.99. The van der Waals surface area contributed by atoms with Crippen molar-refractivity contribution in [3.8, 4) is 0 Å². The SMILES string of the molecule is C[C@@H]1C[C@](C)(c2ccccc2)c2c1c1ccccc1n2C. The summed E-state index contributed by atoms with van der Waals surface area (Å²) in [4.78, 5) is 0. The van der Waals surface area contributed by atoms with E-state index < -0.39 is 0 Å². The summed E-state index contributed by atoms with van der Waals surface area (Å²) < 4.78 is 2.42. The van der Waals surface area contributed by atoms with Gasteiger partial charge in [-0.1, -0.05) is 55.5 Å². The van der Waals surface area contributed by atoms with E-state index in [2.05, 4.69) is 80.1 Å². The molecular weight excluding hydrogens is 254 g/mol. The van der Waals surface area contributed by atoms with Crippen LogP contribution >= 0.6 is 0 Å². The van der Waals surface area contributed by atoms with Crippen LogP contribution in [0.5, 0.6) is 0 Å². The van der Waals surface area contributed by atoms with Crippen molar-refractivity contribution in [3.63, 3.8) is 0 Å². The van der Waals surface area contributed by atoms with Gasteiger partial charge in [0.25, 0.3) is 0 Å². The molecule has 1 nitrogen and oxygen atoms in total. The first-order valence-electron chi connectivity index (χ1n) is 7.76. The second-order valence-electron chi connectivity index (χ2n) is 6.64. The van der Waals surface area contributed by atoms with Crippen molar-refractivity contribution in [1.29, 1.82) is 0 Å². The molecule has 0 saturated carbocycles. The van der Waals surface area contributed by atoms with Gasteiger partial charge in [-0.15, -0.1) is 0 Å². The Morgan fingerprint density at radius 2 is 1.67 bits per heavy atom. The van der Waals surface area contributed by atoms with Gasteiger partial charge >= 0.3 is 0 Å². The number of hydrogen-bond acceptors (Lipinski definition) is 0. The molecule has 1 aromatic heterocycles. The first-order chi connectivity index (χ1) is 10.1. The van der Waals surface area contributed by atoms with Crippen LogP contribution in [-0.4, -0.2) is 4.57 Å². The fraction of sp³-hybridized carbons (Fsp3) is 0.300. The molecule has 0 spiro atoms. The summed E-state index contributed by atoms with van der Waals surface area (Å²) in [5.41, 5.74) is 5.96. The molecule has 0 fully saturated rings. The Balaban J connectivity index is 2.06. The lowest BCUT2D eigenvalue weighted by molar-refractivity contribution is 0.504. The van der Waals surface area contributed by atoms with Crippen LogP contribution in [0.4, 0.5) is 0 Å². The lowest BCUT2D eigenvalue weighted by Gasteiger charge is -2.27. The number of aromatic nitrogens is 1. The molecule has 0 aliphatic heterocycles. The molecule has 0 amide bonds. The summed E-state index contributed by atoms with van der Waals surface area (Å²) in [5, 5.41) is 1.43. The van der Waals surface area contributed by atoms with Crippen molar-refractivity contribution in [1.82, 2.24) is 4.57 Å². The Labute approximate surface area is 126 Å². The van der Waals surface area contributed by atoms with Crippen molar-refractivity contribution in [2.24, 2.45) is 7.05 Å². The van der Waals surface area contributed by atoms with Gasteiger partial charge in [0.05, 0.1) is 0 Å². The van der Waals surface area contributed by atoms with E-state index in [0.29, 0.717) is 5.92 Å². The van der Waals surface area contributed by atoms with Crippen LogP contribution in [0.25, 0.3) is 10.9 Å². The summed E-state index contributed by atoms with van der Waals surface area (Å²) in [6.45, 7) is 4.78. The normalized spacial score (nSPS) is 24.4. The third-order valence-electron chi connectivity index (χ3n) is 5.29. The van der Waals surface area contributed by atoms with Crippen LogP contribution in [-0.2, 0) is 12.5 Å². The Morgan fingerprint density at radius 3 is 2.43 bits per heavy atom. The maximum atomic E-state index is 2.42. The van der Waals surface area contributed by atoms with Gasteiger partial charge in [0, 0.05) is 29.1 Å². The molecule has 1 aliphatic rings. The molecule has 4 rings (SSSR count). The monoisotopic (exact) mass is 275 g/mol. The fourth-order valence-corrected chi connectivity index (χ4v) is 4.46. The highest BCUT2D eigenvalue weighted by atomic mass is 15.0. The second-order valence-corrected chi connectivity index (χ2v) is 6.64. The standard InChI is InChI=1S/C20H21N/c1-14-13-20(2,15-9-5-4-6-10-15)19-18(14)16-11-7-8-12-17(16)21(19)3/h4-12,14H,13H2,1-3H3/t14-,20-/m1/s1. The lowest BCUT2D eigenvalue weighted by Crippen LogP contribution is -2.23. The minimum Gasteiger partial charge on any atom is -0.347 e. The van der Waals surface area contributed by atoms with Crippen LogP contribution in [0.15, 0.2) is 54.6 Å². The Kier molecular flexibility index (Phi) is 2.56. The molecule has 1 aliphatic carbocycles. The molecule has 2 atom stereocenters. The minimum atomic E-state index is 0.115. The minimum absolute atomic E-state index is 0.115. The van der Waals surface area contributed by atoms with E-state index >= 15 is 0 Å². The zero-order valence-corrected chi connectivity index (χ0v) is 12.9. The number of aryl methyl sites for hydroxylation is 1. The molecule has 0 N–H and O–H groups in total.